The average Bonchev–Trinajstić information content (AvgIpc) is 3.05. The highest BCUT2D eigenvalue weighted by Gasteiger charge is 2.25. The maximum absolute atomic E-state index is 14.1. The second kappa shape index (κ2) is 10.2. The number of fused-ring (bicyclic) bond motifs is 1. The molecule has 4 nitrogen and oxygen atoms in total. The Morgan fingerprint density at radius 2 is 1.97 bits per heavy atom. The summed E-state index contributed by atoms with van der Waals surface area (Å²) < 4.78 is 25.8. The zero-order valence-electron chi connectivity index (χ0n) is 18.8. The molecule has 33 heavy (non-hydrogen) atoms. The molecule has 0 spiro atoms. The van der Waals surface area contributed by atoms with Crippen LogP contribution in [0.4, 0.5) is 4.39 Å². The normalized spacial score (nSPS) is 17.0. The third-order valence-corrected chi connectivity index (χ3v) is 6.86. The Morgan fingerprint density at radius 1 is 1.18 bits per heavy atom. The van der Waals surface area contributed by atoms with E-state index in [2.05, 4.69) is 16.3 Å². The van der Waals surface area contributed by atoms with Crippen LogP contribution >= 0.6 is 0 Å². The van der Waals surface area contributed by atoms with Gasteiger partial charge in [0.15, 0.2) is 4.90 Å². The monoisotopic (exact) mass is 462 g/mol. The highest BCUT2D eigenvalue weighted by atomic mass is 32.2. The molecule has 0 saturated carbocycles. The van der Waals surface area contributed by atoms with Gasteiger partial charge in [-0.05, 0) is 106 Å². The van der Waals surface area contributed by atoms with E-state index in [-0.39, 0.29) is 18.1 Å². The SMILES string of the molecule is CC1=C(CC(=O)NCCN2C=CC=CC2)c2cc(F)ccc2C1=Cc1ccc([S+](C)[O-])cc1. The molecule has 0 aromatic heterocycles. The minimum absolute atomic E-state index is 0.0767. The molecule has 2 aliphatic rings. The van der Waals surface area contributed by atoms with E-state index < -0.39 is 11.2 Å². The van der Waals surface area contributed by atoms with Crippen LogP contribution < -0.4 is 5.32 Å². The van der Waals surface area contributed by atoms with Gasteiger partial charge < -0.3 is 14.8 Å². The molecule has 6 heteroatoms. The number of carbonyl (C=O) groups is 1. The van der Waals surface area contributed by atoms with E-state index in [0.717, 1.165) is 51.4 Å². The Balaban J connectivity index is 1.53. The number of carbonyl (C=O) groups excluding carboxylic acids is 1. The van der Waals surface area contributed by atoms with Gasteiger partial charge in [-0.15, -0.1) is 0 Å². The summed E-state index contributed by atoms with van der Waals surface area (Å²) in [6, 6.07) is 12.3. The zero-order chi connectivity index (χ0) is 23.4. The number of nitrogens with zero attached hydrogens (tertiary/aromatic N) is 1. The molecule has 170 valence electrons. The molecule has 0 saturated heterocycles. The second-order valence-corrected chi connectivity index (χ2v) is 9.55. The van der Waals surface area contributed by atoms with Crippen LogP contribution in [0, 0.1) is 5.82 Å². The Morgan fingerprint density at radius 3 is 2.67 bits per heavy atom. The van der Waals surface area contributed by atoms with Gasteiger partial charge in [-0.25, -0.2) is 4.39 Å². The van der Waals surface area contributed by atoms with Crippen LogP contribution in [0.15, 0.2) is 77.4 Å². The lowest BCUT2D eigenvalue weighted by molar-refractivity contribution is -0.120. The average molecular weight is 463 g/mol. The third-order valence-electron chi connectivity index (χ3n) is 5.92. The van der Waals surface area contributed by atoms with Gasteiger partial charge in [-0.3, -0.25) is 4.79 Å². The molecule has 0 bridgehead atoms. The van der Waals surface area contributed by atoms with Crippen LogP contribution in [-0.4, -0.2) is 41.2 Å². The van der Waals surface area contributed by atoms with Crippen LogP contribution in [0.2, 0.25) is 0 Å². The van der Waals surface area contributed by atoms with E-state index in [1.807, 2.05) is 55.6 Å². The van der Waals surface area contributed by atoms with Crippen molar-refractivity contribution < 1.29 is 13.7 Å². The van der Waals surface area contributed by atoms with Gasteiger partial charge in [0, 0.05) is 19.6 Å². The largest absolute Gasteiger partial charge is 0.612 e. The predicted molar refractivity (Wildman–Crippen MR) is 133 cm³/mol. The van der Waals surface area contributed by atoms with Crippen molar-refractivity contribution in [3.05, 3.63) is 95.0 Å². The summed E-state index contributed by atoms with van der Waals surface area (Å²) in [6.45, 7) is 4.10. The maximum Gasteiger partial charge on any atom is 0.224 e. The van der Waals surface area contributed by atoms with E-state index in [1.54, 1.807) is 12.3 Å². The topological polar surface area (TPSA) is 55.4 Å². The smallest absolute Gasteiger partial charge is 0.224 e. The summed E-state index contributed by atoms with van der Waals surface area (Å²) in [5.74, 6) is -0.396. The summed E-state index contributed by atoms with van der Waals surface area (Å²) in [7, 11) is 0. The second-order valence-electron chi connectivity index (χ2n) is 8.17. The van der Waals surface area contributed by atoms with Crippen molar-refractivity contribution in [2.75, 3.05) is 25.9 Å². The molecule has 1 aliphatic heterocycles. The molecule has 2 aromatic carbocycles. The standard InChI is InChI=1S/C27H27FN2O2S/c1-19-24(16-20-6-9-22(10-7-20)33(2)32)23-11-8-21(28)17-26(23)25(19)18-27(31)29-12-15-30-13-4-3-5-14-30/h3-11,13,16-17H,12,14-15,18H2,1-2H3,(H,29,31). The highest BCUT2D eigenvalue weighted by molar-refractivity contribution is 7.90. The fourth-order valence-corrected chi connectivity index (χ4v) is 4.66. The highest BCUT2D eigenvalue weighted by Crippen LogP contribution is 2.43. The summed E-state index contributed by atoms with van der Waals surface area (Å²) in [6.07, 6.45) is 12.0. The van der Waals surface area contributed by atoms with E-state index in [4.69, 9.17) is 0 Å². The van der Waals surface area contributed by atoms with Crippen molar-refractivity contribution in [3.63, 3.8) is 0 Å². The molecular weight excluding hydrogens is 435 g/mol. The van der Waals surface area contributed by atoms with Crippen LogP contribution in [0.3, 0.4) is 0 Å². The third kappa shape index (κ3) is 5.46. The van der Waals surface area contributed by atoms with Crippen LogP contribution in [0.1, 0.15) is 30.0 Å². The van der Waals surface area contributed by atoms with E-state index in [0.29, 0.717) is 6.54 Å². The van der Waals surface area contributed by atoms with Crippen molar-refractivity contribution in [2.24, 2.45) is 0 Å². The number of benzene rings is 2. The van der Waals surface area contributed by atoms with Gasteiger partial charge >= 0.3 is 0 Å². The molecular formula is C27H27FN2O2S. The molecule has 0 fully saturated rings. The Kier molecular flexibility index (Phi) is 7.16. The summed E-state index contributed by atoms with van der Waals surface area (Å²) in [5.41, 5.74) is 5.44. The summed E-state index contributed by atoms with van der Waals surface area (Å²) >= 11 is -1.03. The first kappa shape index (κ1) is 23.1. The Labute approximate surface area is 197 Å². The molecule has 1 unspecified atom stereocenters. The maximum atomic E-state index is 14.1. The van der Waals surface area contributed by atoms with Crippen molar-refractivity contribution in [3.8, 4) is 0 Å². The molecule has 1 atom stereocenters. The lowest BCUT2D eigenvalue weighted by Gasteiger charge is -2.20. The number of rotatable bonds is 7. The number of amides is 1. The molecule has 1 heterocycles. The number of hydrogen-bond donors (Lipinski definition) is 1. The molecule has 4 rings (SSSR count). The number of nitrogens with one attached hydrogen (secondary N) is 1. The van der Waals surface area contributed by atoms with Gasteiger partial charge in [-0.2, -0.15) is 0 Å². The number of allylic oxidation sites excluding steroid dienone is 4. The lowest BCUT2D eigenvalue weighted by Crippen LogP contribution is -2.33. The van der Waals surface area contributed by atoms with Crippen molar-refractivity contribution in [2.45, 2.75) is 18.2 Å². The fraction of sp³-hybridized carbons (Fsp3) is 0.222. The number of halogens is 1. The minimum Gasteiger partial charge on any atom is -0.612 e. The van der Waals surface area contributed by atoms with Gasteiger partial charge in [0.05, 0.1) is 6.42 Å². The van der Waals surface area contributed by atoms with E-state index in [1.165, 1.54) is 12.1 Å². The van der Waals surface area contributed by atoms with Gasteiger partial charge in [0.1, 0.15) is 12.1 Å². The van der Waals surface area contributed by atoms with Crippen LogP contribution in [0.25, 0.3) is 17.2 Å². The Bertz CT molecular complexity index is 1160. The number of hydrogen-bond acceptors (Lipinski definition) is 3. The first-order valence-corrected chi connectivity index (χ1v) is 12.5. The summed E-state index contributed by atoms with van der Waals surface area (Å²) in [4.78, 5) is 15.6. The molecule has 1 amide bonds. The van der Waals surface area contributed by atoms with Crippen molar-refractivity contribution in [1.29, 1.82) is 0 Å². The molecule has 2 aromatic rings. The zero-order valence-corrected chi connectivity index (χ0v) is 19.6. The predicted octanol–water partition coefficient (Wildman–Crippen LogP) is 4.78. The van der Waals surface area contributed by atoms with Gasteiger partial charge in [-0.1, -0.05) is 18.2 Å². The van der Waals surface area contributed by atoms with Gasteiger partial charge in [0.25, 0.3) is 0 Å². The molecule has 1 N–H and O–H groups in total. The first-order chi connectivity index (χ1) is 15.9. The fourth-order valence-electron chi connectivity index (χ4n) is 4.14. The van der Waals surface area contributed by atoms with Crippen molar-refractivity contribution in [1.82, 2.24) is 10.2 Å². The van der Waals surface area contributed by atoms with Gasteiger partial charge in [0.2, 0.25) is 5.91 Å². The Hall–Kier alpha value is -3.09. The van der Waals surface area contributed by atoms with E-state index >= 15 is 0 Å². The van der Waals surface area contributed by atoms with E-state index in [9.17, 15) is 13.7 Å². The van der Waals surface area contributed by atoms with Crippen LogP contribution in [-0.2, 0) is 16.0 Å². The first-order valence-electron chi connectivity index (χ1n) is 10.9. The van der Waals surface area contributed by atoms with Crippen molar-refractivity contribution >= 4 is 34.3 Å². The summed E-state index contributed by atoms with van der Waals surface area (Å²) in [5, 5.41) is 2.99. The molecule has 1 aliphatic carbocycles. The minimum atomic E-state index is -1.03. The molecule has 0 radical (unpaired) electrons. The van der Waals surface area contributed by atoms with Crippen LogP contribution in [0.5, 0.6) is 0 Å². The quantitative estimate of drug-likeness (QED) is 0.603. The lowest BCUT2D eigenvalue weighted by atomic mass is 10.0.